The molecule has 1 aliphatic heterocycles. The topological polar surface area (TPSA) is 44.4 Å². The van der Waals surface area contributed by atoms with E-state index in [4.69, 9.17) is 0 Å². The Kier molecular flexibility index (Phi) is 6.92. The molecule has 5 heteroatoms. The molecule has 0 aliphatic carbocycles. The molecular formula is C12H25N3OS. The number of nitrogens with zero attached hydrogens (tertiary/aromatic N) is 1. The highest BCUT2D eigenvalue weighted by atomic mass is 32.2. The van der Waals surface area contributed by atoms with E-state index in [1.165, 1.54) is 0 Å². The average molecular weight is 259 g/mol. The first-order valence-corrected chi connectivity index (χ1v) is 7.69. The van der Waals surface area contributed by atoms with Gasteiger partial charge in [-0.2, -0.15) is 11.8 Å². The van der Waals surface area contributed by atoms with E-state index < -0.39 is 0 Å². The number of hydrogen-bond acceptors (Lipinski definition) is 4. The van der Waals surface area contributed by atoms with Crippen molar-refractivity contribution in [2.24, 2.45) is 0 Å². The molecule has 0 bridgehead atoms. The quantitative estimate of drug-likeness (QED) is 0.731. The van der Waals surface area contributed by atoms with Gasteiger partial charge in [-0.05, 0) is 19.6 Å². The van der Waals surface area contributed by atoms with Gasteiger partial charge in [0.15, 0.2) is 0 Å². The highest BCUT2D eigenvalue weighted by molar-refractivity contribution is 7.99. The lowest BCUT2D eigenvalue weighted by Gasteiger charge is -2.31. The minimum Gasteiger partial charge on any atom is -0.355 e. The smallest absolute Gasteiger partial charge is 0.237 e. The second-order valence-electron chi connectivity index (χ2n) is 4.59. The molecule has 2 atom stereocenters. The molecule has 1 fully saturated rings. The summed E-state index contributed by atoms with van der Waals surface area (Å²) in [6.07, 6.45) is 3.15. The third-order valence-corrected chi connectivity index (χ3v) is 4.37. The van der Waals surface area contributed by atoms with Gasteiger partial charge >= 0.3 is 0 Å². The van der Waals surface area contributed by atoms with Crippen LogP contribution in [0.25, 0.3) is 0 Å². The maximum Gasteiger partial charge on any atom is 0.237 e. The van der Waals surface area contributed by atoms with Crippen molar-refractivity contribution in [2.75, 3.05) is 39.0 Å². The largest absolute Gasteiger partial charge is 0.355 e. The van der Waals surface area contributed by atoms with Crippen LogP contribution in [0, 0.1) is 0 Å². The number of carbonyl (C=O) groups excluding carboxylic acids is 1. The van der Waals surface area contributed by atoms with Crippen molar-refractivity contribution < 1.29 is 4.79 Å². The van der Waals surface area contributed by atoms with Crippen molar-refractivity contribution in [1.29, 1.82) is 0 Å². The number of piperazine rings is 1. The zero-order valence-corrected chi connectivity index (χ0v) is 12.0. The molecule has 0 spiro atoms. The SMILES string of the molecule is CSC(C)CCNC(=O)C(C)N1CCNCC1. The Balaban J connectivity index is 2.21. The van der Waals surface area contributed by atoms with Crippen molar-refractivity contribution in [3.8, 4) is 0 Å². The number of thioether (sulfide) groups is 1. The third-order valence-electron chi connectivity index (χ3n) is 3.33. The molecule has 17 heavy (non-hydrogen) atoms. The number of rotatable bonds is 6. The third kappa shape index (κ3) is 5.27. The van der Waals surface area contributed by atoms with E-state index in [1.807, 2.05) is 18.7 Å². The molecule has 4 nitrogen and oxygen atoms in total. The predicted octanol–water partition coefficient (Wildman–Crippen LogP) is 0.538. The van der Waals surface area contributed by atoms with E-state index in [2.05, 4.69) is 28.7 Å². The van der Waals surface area contributed by atoms with Crippen LogP contribution in [0.2, 0.25) is 0 Å². The summed E-state index contributed by atoms with van der Waals surface area (Å²) in [7, 11) is 0. The van der Waals surface area contributed by atoms with Gasteiger partial charge in [0.2, 0.25) is 5.91 Å². The number of nitrogens with one attached hydrogen (secondary N) is 2. The lowest BCUT2D eigenvalue weighted by molar-refractivity contribution is -0.126. The van der Waals surface area contributed by atoms with Crippen LogP contribution >= 0.6 is 11.8 Å². The molecular weight excluding hydrogens is 234 g/mol. The number of carbonyl (C=O) groups is 1. The summed E-state index contributed by atoms with van der Waals surface area (Å²) in [5, 5.41) is 6.94. The van der Waals surface area contributed by atoms with Crippen molar-refractivity contribution >= 4 is 17.7 Å². The summed E-state index contributed by atoms with van der Waals surface area (Å²) in [6.45, 7) is 8.89. The van der Waals surface area contributed by atoms with E-state index >= 15 is 0 Å². The highest BCUT2D eigenvalue weighted by Gasteiger charge is 2.22. The fourth-order valence-corrected chi connectivity index (χ4v) is 2.25. The summed E-state index contributed by atoms with van der Waals surface area (Å²) in [5.41, 5.74) is 0. The van der Waals surface area contributed by atoms with Crippen LogP contribution in [-0.4, -0.2) is 61.1 Å². The zero-order valence-electron chi connectivity index (χ0n) is 11.2. The molecule has 2 unspecified atom stereocenters. The molecule has 1 amide bonds. The fraction of sp³-hybridized carbons (Fsp3) is 0.917. The Morgan fingerprint density at radius 1 is 1.41 bits per heavy atom. The van der Waals surface area contributed by atoms with Gasteiger partial charge in [-0.15, -0.1) is 0 Å². The summed E-state index contributed by atoms with van der Waals surface area (Å²) in [6, 6.07) is 0.00156. The normalized spacial score (nSPS) is 20.9. The van der Waals surface area contributed by atoms with Gasteiger partial charge in [-0.25, -0.2) is 0 Å². The number of amides is 1. The van der Waals surface area contributed by atoms with Crippen LogP contribution in [0.1, 0.15) is 20.3 Å². The van der Waals surface area contributed by atoms with E-state index in [0.717, 1.165) is 39.1 Å². The van der Waals surface area contributed by atoms with Gasteiger partial charge in [-0.1, -0.05) is 6.92 Å². The first kappa shape index (κ1) is 14.8. The van der Waals surface area contributed by atoms with Gasteiger partial charge in [0, 0.05) is 38.0 Å². The predicted molar refractivity (Wildman–Crippen MR) is 74.5 cm³/mol. The molecule has 1 aliphatic rings. The first-order valence-electron chi connectivity index (χ1n) is 6.40. The fourth-order valence-electron chi connectivity index (χ4n) is 1.90. The Hall–Kier alpha value is -0.260. The molecule has 0 aromatic carbocycles. The van der Waals surface area contributed by atoms with Gasteiger partial charge in [0.1, 0.15) is 0 Å². The molecule has 100 valence electrons. The van der Waals surface area contributed by atoms with Crippen LogP contribution in [0.5, 0.6) is 0 Å². The van der Waals surface area contributed by atoms with Crippen molar-refractivity contribution in [2.45, 2.75) is 31.6 Å². The van der Waals surface area contributed by atoms with Crippen LogP contribution in [0.15, 0.2) is 0 Å². The standard InChI is InChI=1S/C12H25N3OS/c1-10(17-3)4-5-14-12(16)11(2)15-8-6-13-7-9-15/h10-11,13H,4-9H2,1-3H3,(H,14,16). The van der Waals surface area contributed by atoms with E-state index in [1.54, 1.807) is 0 Å². The Labute approximate surface area is 109 Å². The first-order chi connectivity index (χ1) is 8.15. The molecule has 0 radical (unpaired) electrons. The second-order valence-corrected chi connectivity index (χ2v) is 5.86. The Morgan fingerprint density at radius 2 is 2.06 bits per heavy atom. The lowest BCUT2D eigenvalue weighted by Crippen LogP contribution is -2.52. The van der Waals surface area contributed by atoms with E-state index in [9.17, 15) is 4.79 Å². The highest BCUT2D eigenvalue weighted by Crippen LogP contribution is 2.08. The number of hydrogen-bond donors (Lipinski definition) is 2. The van der Waals surface area contributed by atoms with Crippen LogP contribution in [0.3, 0.4) is 0 Å². The van der Waals surface area contributed by atoms with Crippen molar-refractivity contribution in [3.63, 3.8) is 0 Å². The maximum absolute atomic E-state index is 11.9. The molecule has 1 rings (SSSR count). The van der Waals surface area contributed by atoms with Crippen molar-refractivity contribution in [1.82, 2.24) is 15.5 Å². The Bertz CT molecular complexity index is 232. The van der Waals surface area contributed by atoms with Crippen LogP contribution < -0.4 is 10.6 Å². The molecule has 0 saturated carbocycles. The van der Waals surface area contributed by atoms with Crippen molar-refractivity contribution in [3.05, 3.63) is 0 Å². The van der Waals surface area contributed by atoms with Gasteiger partial charge in [0.25, 0.3) is 0 Å². The maximum atomic E-state index is 11.9. The molecule has 1 heterocycles. The molecule has 2 N–H and O–H groups in total. The average Bonchev–Trinajstić information content (AvgIpc) is 2.38. The van der Waals surface area contributed by atoms with Crippen LogP contribution in [0.4, 0.5) is 0 Å². The van der Waals surface area contributed by atoms with Gasteiger partial charge in [-0.3, -0.25) is 9.69 Å². The molecule has 0 aromatic heterocycles. The van der Waals surface area contributed by atoms with Gasteiger partial charge in [0.05, 0.1) is 6.04 Å². The van der Waals surface area contributed by atoms with E-state index in [0.29, 0.717) is 5.25 Å². The lowest BCUT2D eigenvalue weighted by atomic mass is 10.2. The molecule has 0 aromatic rings. The zero-order chi connectivity index (χ0) is 12.7. The molecule has 1 saturated heterocycles. The Morgan fingerprint density at radius 3 is 2.65 bits per heavy atom. The minimum absolute atomic E-state index is 0.00156. The van der Waals surface area contributed by atoms with Gasteiger partial charge < -0.3 is 10.6 Å². The summed E-state index contributed by atoms with van der Waals surface area (Å²) >= 11 is 1.84. The van der Waals surface area contributed by atoms with Crippen LogP contribution in [-0.2, 0) is 4.79 Å². The summed E-state index contributed by atoms with van der Waals surface area (Å²) in [5.74, 6) is 0.167. The second kappa shape index (κ2) is 7.95. The summed E-state index contributed by atoms with van der Waals surface area (Å²) in [4.78, 5) is 14.2. The minimum atomic E-state index is 0.00156. The summed E-state index contributed by atoms with van der Waals surface area (Å²) < 4.78 is 0. The monoisotopic (exact) mass is 259 g/mol. The van der Waals surface area contributed by atoms with E-state index in [-0.39, 0.29) is 11.9 Å².